The third-order valence-electron chi connectivity index (χ3n) is 7.19. The van der Waals surface area contributed by atoms with Crippen LogP contribution in [0.5, 0.6) is 0 Å². The van der Waals surface area contributed by atoms with Crippen LogP contribution in [0.15, 0.2) is 65.1 Å². The Balaban J connectivity index is 1.94. The number of allylic oxidation sites excluding steroid dienone is 1. The maximum Gasteiger partial charge on any atom is 0.247 e. The first-order chi connectivity index (χ1) is 16.0. The van der Waals surface area contributed by atoms with Gasteiger partial charge in [-0.15, -0.1) is 0 Å². The Labute approximate surface area is 203 Å². The molecular formula is C27H25ClN4O2. The van der Waals surface area contributed by atoms with Crippen molar-refractivity contribution in [2.24, 2.45) is 11.1 Å². The van der Waals surface area contributed by atoms with Gasteiger partial charge in [-0.25, -0.2) is 0 Å². The van der Waals surface area contributed by atoms with E-state index in [4.69, 9.17) is 17.3 Å². The van der Waals surface area contributed by atoms with Gasteiger partial charge in [-0.05, 0) is 42.5 Å². The summed E-state index contributed by atoms with van der Waals surface area (Å²) in [6, 6.07) is 15.0. The van der Waals surface area contributed by atoms with E-state index < -0.39 is 5.41 Å². The summed E-state index contributed by atoms with van der Waals surface area (Å²) in [5.74, 6) is -0.332. The lowest BCUT2D eigenvalue weighted by molar-refractivity contribution is -0.124. The fraction of sp³-hybridized carbons (Fsp3) is 0.296. The number of nitrogens with zero attached hydrogens (tertiary/aromatic N) is 3. The van der Waals surface area contributed by atoms with Crippen LogP contribution in [0.25, 0.3) is 0 Å². The summed E-state index contributed by atoms with van der Waals surface area (Å²) in [4.78, 5) is 31.2. The van der Waals surface area contributed by atoms with Crippen LogP contribution >= 0.6 is 11.6 Å². The SMILES string of the molecule is Cc1ccc(Cl)cc1N1C(N)=C(C#N)C2(C(=O)N(C)c3ccccc32)C2=C1CC(C)(C)CC2=O. The molecule has 2 aromatic rings. The first kappa shape index (κ1) is 22.2. The number of nitrogens with two attached hydrogens (primary N) is 1. The molecule has 1 unspecified atom stereocenters. The normalized spacial score (nSPS) is 23.4. The van der Waals surface area contributed by atoms with Crippen LogP contribution in [0.1, 0.15) is 37.8 Å². The van der Waals surface area contributed by atoms with Gasteiger partial charge in [0.1, 0.15) is 17.3 Å². The number of ketones is 1. The van der Waals surface area contributed by atoms with E-state index >= 15 is 0 Å². The zero-order valence-corrected chi connectivity index (χ0v) is 20.3. The number of aryl methyl sites for hydroxylation is 1. The average Bonchev–Trinajstić information content (AvgIpc) is 2.98. The number of carbonyl (C=O) groups excluding carboxylic acids is 2. The van der Waals surface area contributed by atoms with Crippen molar-refractivity contribution in [1.29, 1.82) is 5.26 Å². The summed E-state index contributed by atoms with van der Waals surface area (Å²) in [6.07, 6.45) is 0.786. The summed E-state index contributed by atoms with van der Waals surface area (Å²) in [6.45, 7) is 5.98. The molecule has 3 aliphatic rings. The Morgan fingerprint density at radius 1 is 1.09 bits per heavy atom. The predicted octanol–water partition coefficient (Wildman–Crippen LogP) is 4.72. The highest BCUT2D eigenvalue weighted by Gasteiger charge is 2.62. The molecule has 0 radical (unpaired) electrons. The van der Waals surface area contributed by atoms with Crippen molar-refractivity contribution in [3.8, 4) is 6.07 Å². The Kier molecular flexibility index (Phi) is 4.72. The van der Waals surface area contributed by atoms with Gasteiger partial charge >= 0.3 is 0 Å². The standard InChI is InChI=1S/C27H25ClN4O2/c1-15-9-10-16(28)11-20(15)32-21-12-26(2,3)13-22(33)23(21)27(18(14-29)24(32)30)17-7-5-6-8-19(17)31(4)25(27)34/h5-11H,12-13,30H2,1-4H3. The Hall–Kier alpha value is -3.56. The number of para-hydroxylation sites is 1. The number of hydrogen-bond donors (Lipinski definition) is 1. The summed E-state index contributed by atoms with van der Waals surface area (Å²) in [5, 5.41) is 11.0. The molecule has 0 aromatic heterocycles. The van der Waals surface area contributed by atoms with Crippen LogP contribution in [-0.2, 0) is 15.0 Å². The molecular weight excluding hydrogens is 448 g/mol. The van der Waals surface area contributed by atoms with E-state index in [1.807, 2.05) is 51.1 Å². The molecule has 1 amide bonds. The summed E-state index contributed by atoms with van der Waals surface area (Å²) < 4.78 is 0. The number of Topliss-reactive ketones (excluding diaryl/α,β-unsaturated/α-hetero) is 1. The summed E-state index contributed by atoms with van der Waals surface area (Å²) in [7, 11) is 1.67. The molecule has 6 nitrogen and oxygen atoms in total. The third kappa shape index (κ3) is 2.74. The minimum atomic E-state index is -1.56. The van der Waals surface area contributed by atoms with Crippen LogP contribution in [0, 0.1) is 23.7 Å². The number of likely N-dealkylation sites (N-methyl/N-ethyl adjacent to an activating group) is 1. The van der Waals surface area contributed by atoms with Crippen molar-refractivity contribution >= 4 is 34.7 Å². The van der Waals surface area contributed by atoms with Crippen molar-refractivity contribution in [1.82, 2.24) is 0 Å². The fourth-order valence-corrected chi connectivity index (χ4v) is 5.93. The van der Waals surface area contributed by atoms with E-state index in [9.17, 15) is 14.9 Å². The summed E-state index contributed by atoms with van der Waals surface area (Å²) in [5.41, 5.74) is 8.80. The quantitative estimate of drug-likeness (QED) is 0.648. The van der Waals surface area contributed by atoms with Crippen LogP contribution in [0.4, 0.5) is 11.4 Å². The van der Waals surface area contributed by atoms with Gasteiger partial charge in [-0.3, -0.25) is 14.5 Å². The van der Waals surface area contributed by atoms with E-state index in [1.54, 1.807) is 24.1 Å². The van der Waals surface area contributed by atoms with Crippen molar-refractivity contribution in [2.75, 3.05) is 16.8 Å². The maximum absolute atomic E-state index is 14.0. The molecule has 0 saturated heterocycles. The number of nitriles is 1. The number of carbonyl (C=O) groups is 2. The fourth-order valence-electron chi connectivity index (χ4n) is 5.76. The highest BCUT2D eigenvalue weighted by atomic mass is 35.5. The minimum absolute atomic E-state index is 0.0699. The molecule has 2 N–H and O–H groups in total. The molecule has 1 spiro atoms. The molecule has 7 heteroatoms. The molecule has 5 rings (SSSR count). The number of fused-ring (bicyclic) bond motifs is 3. The molecule has 172 valence electrons. The molecule has 2 heterocycles. The van der Waals surface area contributed by atoms with Crippen LogP contribution in [-0.4, -0.2) is 18.7 Å². The molecule has 2 aromatic carbocycles. The first-order valence-corrected chi connectivity index (χ1v) is 11.5. The van der Waals surface area contributed by atoms with E-state index in [-0.39, 0.29) is 34.9 Å². The minimum Gasteiger partial charge on any atom is -0.384 e. The van der Waals surface area contributed by atoms with Gasteiger partial charge in [0.25, 0.3) is 0 Å². The lowest BCUT2D eigenvalue weighted by Crippen LogP contribution is -2.53. The van der Waals surface area contributed by atoms with Crippen molar-refractivity contribution < 1.29 is 9.59 Å². The predicted molar refractivity (Wildman–Crippen MR) is 132 cm³/mol. The van der Waals surface area contributed by atoms with Gasteiger partial charge in [0.05, 0.1) is 11.3 Å². The van der Waals surface area contributed by atoms with Gasteiger partial charge < -0.3 is 10.6 Å². The smallest absolute Gasteiger partial charge is 0.247 e. The van der Waals surface area contributed by atoms with E-state index in [1.165, 1.54) is 4.90 Å². The van der Waals surface area contributed by atoms with Gasteiger partial charge in [0.2, 0.25) is 5.91 Å². The lowest BCUT2D eigenvalue weighted by Gasteiger charge is -2.47. The van der Waals surface area contributed by atoms with E-state index in [2.05, 4.69) is 6.07 Å². The maximum atomic E-state index is 14.0. The third-order valence-corrected chi connectivity index (χ3v) is 7.42. The van der Waals surface area contributed by atoms with Crippen molar-refractivity contribution in [3.05, 3.63) is 81.3 Å². The van der Waals surface area contributed by atoms with E-state index in [0.29, 0.717) is 39.7 Å². The molecule has 0 fully saturated rings. The number of hydrogen-bond acceptors (Lipinski definition) is 5. The number of rotatable bonds is 1. The second-order valence-corrected chi connectivity index (χ2v) is 10.5. The van der Waals surface area contributed by atoms with Gasteiger partial charge in [0.15, 0.2) is 5.78 Å². The second-order valence-electron chi connectivity index (χ2n) is 10.0. The van der Waals surface area contributed by atoms with Crippen molar-refractivity contribution in [3.63, 3.8) is 0 Å². The molecule has 1 atom stereocenters. The Morgan fingerprint density at radius 2 is 1.79 bits per heavy atom. The molecule has 2 aliphatic heterocycles. The first-order valence-electron chi connectivity index (χ1n) is 11.2. The van der Waals surface area contributed by atoms with Crippen LogP contribution in [0.3, 0.4) is 0 Å². The Morgan fingerprint density at radius 3 is 2.50 bits per heavy atom. The number of amides is 1. The van der Waals surface area contributed by atoms with Crippen LogP contribution < -0.4 is 15.5 Å². The molecule has 0 saturated carbocycles. The number of benzene rings is 2. The average molecular weight is 473 g/mol. The monoisotopic (exact) mass is 472 g/mol. The zero-order chi connectivity index (χ0) is 24.6. The van der Waals surface area contributed by atoms with Gasteiger partial charge in [0, 0.05) is 41.0 Å². The largest absolute Gasteiger partial charge is 0.384 e. The van der Waals surface area contributed by atoms with Gasteiger partial charge in [-0.2, -0.15) is 5.26 Å². The highest BCUT2D eigenvalue weighted by molar-refractivity contribution is 6.31. The number of anilines is 2. The lowest BCUT2D eigenvalue weighted by atomic mass is 9.60. The van der Waals surface area contributed by atoms with Crippen LogP contribution in [0.2, 0.25) is 5.02 Å². The van der Waals surface area contributed by atoms with E-state index in [0.717, 1.165) is 5.56 Å². The highest BCUT2D eigenvalue weighted by Crippen LogP contribution is 2.58. The molecule has 1 aliphatic carbocycles. The zero-order valence-electron chi connectivity index (χ0n) is 19.6. The molecule has 0 bridgehead atoms. The topological polar surface area (TPSA) is 90.4 Å². The molecule has 34 heavy (non-hydrogen) atoms. The van der Waals surface area contributed by atoms with Crippen molar-refractivity contribution in [2.45, 2.75) is 39.0 Å². The second kappa shape index (κ2) is 7.22. The Bertz CT molecular complexity index is 1400. The van der Waals surface area contributed by atoms with Gasteiger partial charge in [-0.1, -0.05) is 49.7 Å². The number of halogens is 1. The summed E-state index contributed by atoms with van der Waals surface area (Å²) >= 11 is 6.35.